The van der Waals surface area contributed by atoms with E-state index >= 15 is 0 Å². The molecule has 1 fully saturated rings. The molecule has 0 unspecified atom stereocenters. The monoisotopic (exact) mass is 514 g/mol. The largest absolute Gasteiger partial charge is 0.507 e. The molecule has 6 rings (SSSR count). The molecule has 2 bridgehead atoms. The van der Waals surface area contributed by atoms with Crippen molar-refractivity contribution in [1.29, 1.82) is 0 Å². The maximum Gasteiger partial charge on any atom is 0.337 e. The number of aromatic nitrogens is 1. The Bertz CT molecular complexity index is 1650. The summed E-state index contributed by atoms with van der Waals surface area (Å²) in [6.45, 7) is 2.61. The van der Waals surface area contributed by atoms with Gasteiger partial charge in [0.2, 0.25) is 11.2 Å². The Morgan fingerprint density at radius 3 is 2.66 bits per heavy atom. The molecule has 4 aromatic rings. The number of carbonyl (C=O) groups is 1. The highest BCUT2D eigenvalue weighted by molar-refractivity contribution is 5.89. The number of nitrogens with zero attached hydrogens (tertiary/aromatic N) is 2. The van der Waals surface area contributed by atoms with Crippen molar-refractivity contribution in [3.63, 3.8) is 0 Å². The number of benzene rings is 2. The molecule has 1 N–H and O–H groups in total. The van der Waals surface area contributed by atoms with Crippen molar-refractivity contribution in [2.45, 2.75) is 25.4 Å². The average molecular weight is 515 g/mol. The van der Waals surface area contributed by atoms with Crippen LogP contribution in [0.5, 0.6) is 17.2 Å². The first-order valence-corrected chi connectivity index (χ1v) is 12.5. The van der Waals surface area contributed by atoms with Gasteiger partial charge in [0.05, 0.1) is 23.6 Å². The highest BCUT2D eigenvalue weighted by Gasteiger charge is 2.35. The number of rotatable bonds is 5. The molecule has 0 spiro atoms. The van der Waals surface area contributed by atoms with E-state index < -0.39 is 5.97 Å². The highest BCUT2D eigenvalue weighted by Crippen LogP contribution is 2.37. The van der Waals surface area contributed by atoms with E-state index in [-0.39, 0.29) is 28.4 Å². The maximum absolute atomic E-state index is 13.3. The molecule has 0 amide bonds. The fraction of sp³-hybridized carbons (Fsp3) is 0.276. The van der Waals surface area contributed by atoms with Crippen LogP contribution in [0.3, 0.4) is 0 Å². The Kier molecular flexibility index (Phi) is 6.00. The van der Waals surface area contributed by atoms with Crippen molar-refractivity contribution in [2.24, 2.45) is 5.92 Å². The molecule has 194 valence electrons. The first-order valence-electron chi connectivity index (χ1n) is 12.5. The van der Waals surface area contributed by atoms with E-state index in [1.807, 2.05) is 16.7 Å². The summed E-state index contributed by atoms with van der Waals surface area (Å²) in [6, 6.07) is 14.7. The molecular formula is C29H26N2O7. The second kappa shape index (κ2) is 9.50. The average Bonchev–Trinajstić information content (AvgIpc) is 2.92. The molecule has 0 radical (unpaired) electrons. The molecule has 4 heterocycles. The van der Waals surface area contributed by atoms with Crippen molar-refractivity contribution in [2.75, 3.05) is 20.2 Å². The molecule has 38 heavy (non-hydrogen) atoms. The summed E-state index contributed by atoms with van der Waals surface area (Å²) in [5.74, 6) is 0.504. The summed E-state index contributed by atoms with van der Waals surface area (Å²) in [6.07, 6.45) is 2.27. The van der Waals surface area contributed by atoms with E-state index in [1.54, 1.807) is 30.3 Å². The van der Waals surface area contributed by atoms with Gasteiger partial charge < -0.3 is 23.6 Å². The second-order valence-corrected chi connectivity index (χ2v) is 9.88. The van der Waals surface area contributed by atoms with Gasteiger partial charge in [-0.05, 0) is 54.8 Å². The second-order valence-electron chi connectivity index (χ2n) is 9.88. The van der Waals surface area contributed by atoms with Gasteiger partial charge in [0, 0.05) is 43.9 Å². The van der Waals surface area contributed by atoms with Gasteiger partial charge in [-0.2, -0.15) is 0 Å². The van der Waals surface area contributed by atoms with Crippen LogP contribution < -0.4 is 15.7 Å². The van der Waals surface area contributed by atoms with Crippen molar-refractivity contribution < 1.29 is 23.8 Å². The van der Waals surface area contributed by atoms with E-state index in [0.717, 1.165) is 25.2 Å². The van der Waals surface area contributed by atoms with Crippen LogP contribution in [-0.4, -0.2) is 40.7 Å². The molecule has 0 saturated carbocycles. The number of methoxy groups -OCH3 is 1. The summed E-state index contributed by atoms with van der Waals surface area (Å²) >= 11 is 0. The van der Waals surface area contributed by atoms with Crippen LogP contribution in [0.1, 0.15) is 34.0 Å². The molecule has 2 aromatic heterocycles. The third kappa shape index (κ3) is 4.24. The fourth-order valence-electron chi connectivity index (χ4n) is 5.70. The molecule has 2 aromatic carbocycles. The predicted molar refractivity (Wildman–Crippen MR) is 139 cm³/mol. The smallest absolute Gasteiger partial charge is 0.337 e. The number of hydrogen-bond acceptors (Lipinski definition) is 8. The molecule has 2 aliphatic heterocycles. The molecule has 1 saturated heterocycles. The molecule has 9 nitrogen and oxygen atoms in total. The summed E-state index contributed by atoms with van der Waals surface area (Å²) in [5.41, 5.74) is 1.94. The Hall–Kier alpha value is -4.37. The van der Waals surface area contributed by atoms with Crippen molar-refractivity contribution in [3.05, 3.63) is 98.3 Å². The number of likely N-dealkylation sites (tertiary alicyclic amines) is 1. The Morgan fingerprint density at radius 2 is 1.87 bits per heavy atom. The minimum Gasteiger partial charge on any atom is -0.507 e. The summed E-state index contributed by atoms with van der Waals surface area (Å²) < 4.78 is 18.2. The lowest BCUT2D eigenvalue weighted by molar-refractivity contribution is 0.0600. The summed E-state index contributed by atoms with van der Waals surface area (Å²) in [4.78, 5) is 39.5. The number of aromatic hydroxyl groups is 1. The van der Waals surface area contributed by atoms with Crippen molar-refractivity contribution in [3.8, 4) is 17.2 Å². The van der Waals surface area contributed by atoms with Crippen molar-refractivity contribution in [1.82, 2.24) is 9.47 Å². The number of piperidine rings is 1. The standard InChI is InChI=1S/C29H26N2O7/c1-36-29(35)18-5-7-20(8-6-18)38-25-16-37-28-21(27(25)34)9-10-24(32)22(28)15-30-12-17-11-19(14-30)23-3-2-4-26(33)31(23)13-17/h2-10,16-17,19,32H,11-15H2,1H3/t17-,19+/m1/s1. The molecule has 9 heteroatoms. The maximum atomic E-state index is 13.3. The number of ether oxygens (including phenoxy) is 2. The Morgan fingerprint density at radius 1 is 1.05 bits per heavy atom. The van der Waals surface area contributed by atoms with Crippen LogP contribution in [0.4, 0.5) is 0 Å². The summed E-state index contributed by atoms with van der Waals surface area (Å²) in [7, 11) is 1.30. The first-order chi connectivity index (χ1) is 18.4. The van der Waals surface area contributed by atoms with E-state index in [2.05, 4.69) is 4.90 Å². The van der Waals surface area contributed by atoms with Gasteiger partial charge >= 0.3 is 5.97 Å². The predicted octanol–water partition coefficient (Wildman–Crippen LogP) is 3.86. The van der Waals surface area contributed by atoms with Crippen LogP contribution in [0, 0.1) is 5.92 Å². The SMILES string of the molecule is COC(=O)c1ccc(Oc2coc3c(CN4C[C@H]5C[C@@H](C4)c4cccc(=O)n4C5)c(O)ccc3c2=O)cc1. The lowest BCUT2D eigenvalue weighted by atomic mass is 9.83. The zero-order chi connectivity index (χ0) is 26.4. The van der Waals surface area contributed by atoms with Gasteiger partial charge in [0.25, 0.3) is 5.56 Å². The number of phenols is 1. The van der Waals surface area contributed by atoms with E-state index in [4.69, 9.17) is 13.9 Å². The summed E-state index contributed by atoms with van der Waals surface area (Å²) in [5, 5.41) is 11.0. The van der Waals surface area contributed by atoms with E-state index in [1.165, 1.54) is 25.5 Å². The van der Waals surface area contributed by atoms with Crippen LogP contribution in [-0.2, 0) is 17.8 Å². The number of hydrogen-bond donors (Lipinski definition) is 1. The third-order valence-electron chi connectivity index (χ3n) is 7.43. The first kappa shape index (κ1) is 24.0. The molecule has 2 aliphatic rings. The quantitative estimate of drug-likeness (QED) is 0.400. The van der Waals surface area contributed by atoms with Crippen LogP contribution in [0.2, 0.25) is 0 Å². The van der Waals surface area contributed by atoms with Gasteiger partial charge in [-0.3, -0.25) is 14.5 Å². The third-order valence-corrected chi connectivity index (χ3v) is 7.43. The molecular weight excluding hydrogens is 488 g/mol. The number of esters is 1. The Labute approximate surface area is 217 Å². The number of pyridine rings is 1. The Balaban J connectivity index is 1.27. The van der Waals surface area contributed by atoms with E-state index in [9.17, 15) is 19.5 Å². The van der Waals surface area contributed by atoms with Crippen molar-refractivity contribution >= 4 is 16.9 Å². The fourth-order valence-corrected chi connectivity index (χ4v) is 5.70. The van der Waals surface area contributed by atoms with E-state index in [0.29, 0.717) is 46.9 Å². The molecule has 2 atom stereocenters. The van der Waals surface area contributed by atoms with Gasteiger partial charge in [0.15, 0.2) is 0 Å². The van der Waals surface area contributed by atoms with Gasteiger partial charge in [-0.25, -0.2) is 4.79 Å². The van der Waals surface area contributed by atoms with Crippen LogP contribution >= 0.6 is 0 Å². The minimum atomic E-state index is -0.468. The number of fused-ring (bicyclic) bond motifs is 5. The van der Waals surface area contributed by atoms with Gasteiger partial charge in [-0.1, -0.05) is 6.07 Å². The number of phenolic OH excluding ortho intramolecular Hbond substituents is 1. The lowest BCUT2D eigenvalue weighted by Crippen LogP contribution is -2.46. The normalized spacial score (nSPS) is 18.7. The van der Waals surface area contributed by atoms with Gasteiger partial charge in [-0.15, -0.1) is 0 Å². The van der Waals surface area contributed by atoms with Crippen LogP contribution in [0.25, 0.3) is 11.0 Å². The van der Waals surface area contributed by atoms with Gasteiger partial charge in [0.1, 0.15) is 23.3 Å². The minimum absolute atomic E-state index is 0.00508. The molecule has 0 aliphatic carbocycles. The lowest BCUT2D eigenvalue weighted by Gasteiger charge is -2.42. The zero-order valence-electron chi connectivity index (χ0n) is 20.8. The highest BCUT2D eigenvalue weighted by atomic mass is 16.5. The zero-order valence-corrected chi connectivity index (χ0v) is 20.8. The topological polar surface area (TPSA) is 111 Å². The van der Waals surface area contributed by atoms with Crippen LogP contribution in [0.15, 0.2) is 74.9 Å². The number of carbonyl (C=O) groups excluding carboxylic acids is 1.